The summed E-state index contributed by atoms with van der Waals surface area (Å²) >= 11 is 0. The van der Waals surface area contributed by atoms with E-state index in [0.29, 0.717) is 38.8 Å². The Kier molecular flexibility index (Phi) is 16.6. The lowest BCUT2D eigenvalue weighted by atomic mass is 9.68. The number of sulfone groups is 1. The molecule has 4 amide bonds. The highest BCUT2D eigenvalue weighted by Crippen LogP contribution is 2.38. The molecule has 13 heteroatoms. The van der Waals surface area contributed by atoms with Crippen molar-refractivity contribution in [3.63, 3.8) is 0 Å². The van der Waals surface area contributed by atoms with Crippen LogP contribution in [0.15, 0.2) is 30.3 Å². The van der Waals surface area contributed by atoms with E-state index in [0.717, 1.165) is 11.8 Å². The number of hydrogen-bond donors (Lipinski definition) is 2. The smallest absolute Gasteiger partial charge is 0.239 e. The summed E-state index contributed by atoms with van der Waals surface area (Å²) in [6.07, 6.45) is 2.41. The largest absolute Gasteiger partial charge is 0.379 e. The minimum atomic E-state index is -3.71. The van der Waals surface area contributed by atoms with E-state index in [4.69, 9.17) is 10.5 Å². The third kappa shape index (κ3) is 10.5. The zero-order valence-electron chi connectivity index (χ0n) is 32.8. The van der Waals surface area contributed by atoms with Gasteiger partial charge in [0.15, 0.2) is 9.84 Å². The van der Waals surface area contributed by atoms with E-state index in [1.165, 1.54) is 7.11 Å². The van der Waals surface area contributed by atoms with Gasteiger partial charge < -0.3 is 25.6 Å². The number of likely N-dealkylation sites (tertiary alicyclic amines) is 1. The Bertz CT molecular complexity index is 1410. The summed E-state index contributed by atoms with van der Waals surface area (Å²) in [4.78, 5) is 59.9. The molecule has 0 bridgehead atoms. The zero-order chi connectivity index (χ0) is 38.8. The molecule has 7 atom stereocenters. The van der Waals surface area contributed by atoms with Crippen molar-refractivity contribution in [1.29, 1.82) is 0 Å². The number of nitrogens with two attached hydrogens (primary N) is 1. The van der Waals surface area contributed by atoms with Crippen molar-refractivity contribution in [1.82, 2.24) is 20.0 Å². The van der Waals surface area contributed by atoms with Crippen molar-refractivity contribution < 1.29 is 32.3 Å². The molecule has 3 N–H and O–H groups in total. The molecule has 1 fully saturated rings. The third-order valence-corrected chi connectivity index (χ3v) is 12.6. The maximum Gasteiger partial charge on any atom is 0.239 e. The van der Waals surface area contributed by atoms with Gasteiger partial charge in [-0.1, -0.05) is 78.3 Å². The molecule has 1 heterocycles. The van der Waals surface area contributed by atoms with Crippen LogP contribution in [0.2, 0.25) is 0 Å². The van der Waals surface area contributed by atoms with Gasteiger partial charge in [-0.15, -0.1) is 0 Å². The first-order valence-corrected chi connectivity index (χ1v) is 20.3. The van der Waals surface area contributed by atoms with E-state index >= 15 is 0 Å². The minimum Gasteiger partial charge on any atom is -0.379 e. The molecule has 2 rings (SSSR count). The summed E-state index contributed by atoms with van der Waals surface area (Å²) < 4.78 is 32.2. The fourth-order valence-electron chi connectivity index (χ4n) is 8.34. The fraction of sp³-hybridized carbons (Fsp3) is 0.737. The Morgan fingerprint density at radius 3 is 2.12 bits per heavy atom. The topological polar surface area (TPSA) is 159 Å². The summed E-state index contributed by atoms with van der Waals surface area (Å²) in [5.41, 5.74) is 5.88. The van der Waals surface area contributed by atoms with Crippen molar-refractivity contribution in [2.45, 2.75) is 109 Å². The molecule has 0 aliphatic carbocycles. The molecule has 0 radical (unpaired) electrons. The number of carbonyl (C=O) groups excluding carboxylic acids is 4. The number of nitrogens with one attached hydrogen (secondary N) is 1. The van der Waals surface area contributed by atoms with E-state index in [1.807, 2.05) is 71.9 Å². The Balaban J connectivity index is 2.36. The number of carbonyl (C=O) groups is 4. The first kappa shape index (κ1) is 44.1. The van der Waals surface area contributed by atoms with Crippen LogP contribution in [-0.4, -0.2) is 123 Å². The molecule has 1 saturated heterocycles. The van der Waals surface area contributed by atoms with Crippen molar-refractivity contribution in [2.75, 3.05) is 47.6 Å². The Morgan fingerprint density at radius 1 is 1.04 bits per heavy atom. The maximum atomic E-state index is 14.6. The molecule has 12 nitrogen and oxygen atoms in total. The average molecular weight is 736 g/mol. The van der Waals surface area contributed by atoms with Crippen LogP contribution in [-0.2, 0) is 40.2 Å². The lowest BCUT2D eigenvalue weighted by Crippen LogP contribution is -2.68. The first-order chi connectivity index (χ1) is 23.8. The standard InChI is InChI=1S/C38H65N5O7S/c1-12-27(6)35(42(9)36(46)34(25(2)3)38(26(4)5,37(39)47)41(7)8)30(50-10)23-33(45)43-22-16-19-29(43)31(51(11,48)49)24-32(44)40-21-20-28-17-14-13-15-18-28/h13-15,17-18,25-27,29-31,34-35H,12,16,19-24H2,1-11H3,(H2,39,47)(H,40,44). The second-order valence-electron chi connectivity index (χ2n) is 15.2. The van der Waals surface area contributed by atoms with E-state index in [2.05, 4.69) is 5.32 Å². The summed E-state index contributed by atoms with van der Waals surface area (Å²) in [6, 6.07) is 8.48. The van der Waals surface area contributed by atoms with Crippen LogP contribution in [0.5, 0.6) is 0 Å². The normalized spacial score (nSPS) is 19.3. The van der Waals surface area contributed by atoms with Crippen LogP contribution in [0.1, 0.15) is 79.2 Å². The molecule has 1 aromatic carbocycles. The number of hydrogen-bond acceptors (Lipinski definition) is 8. The van der Waals surface area contributed by atoms with Crippen molar-refractivity contribution in [3.05, 3.63) is 35.9 Å². The Morgan fingerprint density at radius 2 is 1.65 bits per heavy atom. The molecule has 1 aliphatic rings. The molecule has 0 aromatic heterocycles. The quantitative estimate of drug-likeness (QED) is 0.207. The Hall–Kier alpha value is -3.03. The number of ether oxygens (including phenoxy) is 1. The summed E-state index contributed by atoms with van der Waals surface area (Å²) in [5, 5.41) is 1.79. The van der Waals surface area contributed by atoms with Crippen LogP contribution in [0.4, 0.5) is 0 Å². The predicted molar refractivity (Wildman–Crippen MR) is 201 cm³/mol. The van der Waals surface area contributed by atoms with Crippen molar-refractivity contribution in [2.24, 2.45) is 29.4 Å². The number of rotatable bonds is 20. The third-order valence-electron chi connectivity index (χ3n) is 11.1. The number of benzene rings is 1. The number of methoxy groups -OCH3 is 1. The van der Waals surface area contributed by atoms with Gasteiger partial charge in [0.25, 0.3) is 0 Å². The van der Waals surface area contributed by atoms with Gasteiger partial charge in [0, 0.05) is 46.0 Å². The van der Waals surface area contributed by atoms with Crippen molar-refractivity contribution in [3.8, 4) is 0 Å². The van der Waals surface area contributed by atoms with Crippen LogP contribution in [0.25, 0.3) is 0 Å². The molecular weight excluding hydrogens is 671 g/mol. The van der Waals surface area contributed by atoms with E-state index < -0.39 is 50.6 Å². The van der Waals surface area contributed by atoms with Gasteiger partial charge in [-0.2, -0.15) is 0 Å². The van der Waals surface area contributed by atoms with Gasteiger partial charge in [-0.05, 0) is 56.7 Å². The monoisotopic (exact) mass is 735 g/mol. The second-order valence-corrected chi connectivity index (χ2v) is 17.5. The van der Waals surface area contributed by atoms with E-state index in [-0.39, 0.29) is 48.3 Å². The summed E-state index contributed by atoms with van der Waals surface area (Å²) in [5.74, 6) is -2.91. The van der Waals surface area contributed by atoms with Crippen LogP contribution in [0.3, 0.4) is 0 Å². The highest BCUT2D eigenvalue weighted by atomic mass is 32.2. The second kappa shape index (κ2) is 19.2. The first-order valence-electron chi connectivity index (χ1n) is 18.3. The molecular formula is C38H65N5O7S. The van der Waals surface area contributed by atoms with Gasteiger partial charge in [0.1, 0.15) is 5.54 Å². The highest BCUT2D eigenvalue weighted by molar-refractivity contribution is 7.91. The lowest BCUT2D eigenvalue weighted by Gasteiger charge is -2.49. The molecule has 7 unspecified atom stereocenters. The summed E-state index contributed by atoms with van der Waals surface area (Å²) in [6.45, 7) is 12.3. The van der Waals surface area contributed by atoms with Crippen LogP contribution >= 0.6 is 0 Å². The van der Waals surface area contributed by atoms with Crippen LogP contribution < -0.4 is 11.1 Å². The average Bonchev–Trinajstić information content (AvgIpc) is 3.54. The van der Waals surface area contributed by atoms with E-state index in [9.17, 15) is 27.6 Å². The lowest BCUT2D eigenvalue weighted by molar-refractivity contribution is -0.159. The Labute approximate surface area is 307 Å². The minimum absolute atomic E-state index is 0.0927. The van der Waals surface area contributed by atoms with Gasteiger partial charge in [0.05, 0.1) is 29.7 Å². The fourth-order valence-corrected chi connectivity index (χ4v) is 9.65. The van der Waals surface area contributed by atoms with Crippen molar-refractivity contribution >= 4 is 33.5 Å². The molecule has 1 aromatic rings. The predicted octanol–water partition coefficient (Wildman–Crippen LogP) is 3.13. The highest BCUT2D eigenvalue weighted by Gasteiger charge is 2.55. The van der Waals surface area contributed by atoms with Gasteiger partial charge in [-0.3, -0.25) is 24.1 Å². The number of primary amides is 1. The molecule has 0 saturated carbocycles. The molecule has 290 valence electrons. The SMILES string of the molecule is CCC(C)C(C(CC(=O)N1CCCC1C(CC(=O)NCCc1ccccc1)S(C)(=O)=O)OC)N(C)C(=O)C(C(C)C)C(C(N)=O)(C(C)C)N(C)C. The number of amides is 4. The molecule has 51 heavy (non-hydrogen) atoms. The zero-order valence-corrected chi connectivity index (χ0v) is 33.7. The van der Waals surface area contributed by atoms with Gasteiger partial charge in [0.2, 0.25) is 23.6 Å². The van der Waals surface area contributed by atoms with Gasteiger partial charge >= 0.3 is 0 Å². The number of nitrogens with zero attached hydrogens (tertiary/aromatic N) is 3. The number of likely N-dealkylation sites (N-methyl/N-ethyl adjacent to an activating group) is 2. The molecule has 1 aliphatic heterocycles. The maximum absolute atomic E-state index is 14.6. The van der Waals surface area contributed by atoms with Gasteiger partial charge in [-0.25, -0.2) is 8.42 Å². The summed E-state index contributed by atoms with van der Waals surface area (Å²) in [7, 11) is 3.02. The molecule has 0 spiro atoms. The van der Waals surface area contributed by atoms with E-state index in [1.54, 1.807) is 35.8 Å². The van der Waals surface area contributed by atoms with Crippen LogP contribution in [0, 0.1) is 23.7 Å².